The molecular weight excluding hydrogens is 258 g/mol. The van der Waals surface area contributed by atoms with E-state index in [4.69, 9.17) is 4.42 Å². The Labute approximate surface area is 115 Å². The van der Waals surface area contributed by atoms with Crippen LogP contribution in [0.3, 0.4) is 0 Å². The van der Waals surface area contributed by atoms with Gasteiger partial charge in [-0.2, -0.15) is 0 Å². The van der Waals surface area contributed by atoms with E-state index < -0.39 is 17.4 Å². The minimum atomic E-state index is -1.12. The largest absolute Gasteiger partial charge is 0.480 e. The lowest BCUT2D eigenvalue weighted by atomic mass is 9.76. The Bertz CT molecular complexity index is 697. The monoisotopic (exact) mass is 273 g/mol. The number of nitrogens with one attached hydrogen (secondary N) is 1. The van der Waals surface area contributed by atoms with Crippen molar-refractivity contribution in [1.29, 1.82) is 0 Å². The molecule has 0 saturated heterocycles. The molecule has 5 nitrogen and oxygen atoms in total. The zero-order chi connectivity index (χ0) is 14.3. The second kappa shape index (κ2) is 4.37. The van der Waals surface area contributed by atoms with Gasteiger partial charge >= 0.3 is 5.97 Å². The van der Waals surface area contributed by atoms with Crippen LogP contribution in [0.5, 0.6) is 0 Å². The fourth-order valence-electron chi connectivity index (χ4n) is 2.52. The van der Waals surface area contributed by atoms with Crippen molar-refractivity contribution >= 4 is 22.8 Å². The van der Waals surface area contributed by atoms with Crippen LogP contribution in [0.4, 0.5) is 0 Å². The van der Waals surface area contributed by atoms with E-state index in [2.05, 4.69) is 5.32 Å². The molecule has 0 spiro atoms. The highest BCUT2D eigenvalue weighted by atomic mass is 16.4. The van der Waals surface area contributed by atoms with Crippen molar-refractivity contribution in [3.05, 3.63) is 35.6 Å². The van der Waals surface area contributed by atoms with E-state index in [0.29, 0.717) is 18.4 Å². The van der Waals surface area contributed by atoms with Crippen LogP contribution in [-0.4, -0.2) is 22.5 Å². The minimum absolute atomic E-state index is 0.154. The Morgan fingerprint density at radius 3 is 2.65 bits per heavy atom. The van der Waals surface area contributed by atoms with Crippen molar-refractivity contribution in [2.75, 3.05) is 0 Å². The summed E-state index contributed by atoms with van der Waals surface area (Å²) in [6.45, 7) is 1.90. The Kier molecular flexibility index (Phi) is 2.78. The van der Waals surface area contributed by atoms with Crippen LogP contribution in [0.25, 0.3) is 11.0 Å². The molecule has 1 heterocycles. The highest BCUT2D eigenvalue weighted by molar-refractivity contribution is 5.99. The van der Waals surface area contributed by atoms with E-state index in [1.54, 1.807) is 6.07 Å². The van der Waals surface area contributed by atoms with E-state index >= 15 is 0 Å². The summed E-state index contributed by atoms with van der Waals surface area (Å²) >= 11 is 0. The smallest absolute Gasteiger partial charge is 0.329 e. The highest BCUT2D eigenvalue weighted by Crippen LogP contribution is 2.32. The molecular formula is C15H15NO4. The molecule has 1 aromatic carbocycles. The van der Waals surface area contributed by atoms with Crippen LogP contribution in [0.1, 0.15) is 35.4 Å². The van der Waals surface area contributed by atoms with Crippen LogP contribution in [0, 0.1) is 6.92 Å². The summed E-state index contributed by atoms with van der Waals surface area (Å²) in [5.41, 5.74) is 0.485. The lowest BCUT2D eigenvalue weighted by Crippen LogP contribution is -2.59. The number of rotatable bonds is 3. The fraction of sp³-hybridized carbons (Fsp3) is 0.333. The lowest BCUT2D eigenvalue weighted by molar-refractivity contribution is -0.148. The molecule has 5 heteroatoms. The SMILES string of the molecule is Cc1cccc2cc(C(=O)NC3(C(=O)O)CCC3)oc12. The molecule has 2 N–H and O–H groups in total. The van der Waals surface area contributed by atoms with E-state index in [-0.39, 0.29) is 5.76 Å². The molecule has 1 amide bonds. The number of hydrogen-bond donors (Lipinski definition) is 2. The first kappa shape index (κ1) is 12.7. The van der Waals surface area contributed by atoms with Crippen molar-refractivity contribution in [1.82, 2.24) is 5.32 Å². The molecule has 1 aliphatic carbocycles. The van der Waals surface area contributed by atoms with Gasteiger partial charge in [0, 0.05) is 5.39 Å². The van der Waals surface area contributed by atoms with Gasteiger partial charge in [-0.1, -0.05) is 18.2 Å². The van der Waals surface area contributed by atoms with Crippen molar-refractivity contribution in [2.45, 2.75) is 31.7 Å². The van der Waals surface area contributed by atoms with Crippen LogP contribution < -0.4 is 5.32 Å². The molecule has 0 radical (unpaired) electrons. The zero-order valence-corrected chi connectivity index (χ0v) is 11.1. The van der Waals surface area contributed by atoms with Gasteiger partial charge in [-0.15, -0.1) is 0 Å². The van der Waals surface area contributed by atoms with Gasteiger partial charge in [-0.25, -0.2) is 4.79 Å². The molecule has 104 valence electrons. The number of carbonyl (C=O) groups is 2. The molecule has 3 rings (SSSR count). The maximum Gasteiger partial charge on any atom is 0.329 e. The average molecular weight is 273 g/mol. The second-order valence-electron chi connectivity index (χ2n) is 5.30. The summed E-state index contributed by atoms with van der Waals surface area (Å²) in [5, 5.41) is 12.7. The van der Waals surface area contributed by atoms with Crippen LogP contribution in [0.2, 0.25) is 0 Å². The van der Waals surface area contributed by atoms with E-state index in [9.17, 15) is 14.7 Å². The third-order valence-corrected chi connectivity index (χ3v) is 3.93. The van der Waals surface area contributed by atoms with Gasteiger partial charge in [-0.3, -0.25) is 4.79 Å². The lowest BCUT2D eigenvalue weighted by Gasteiger charge is -2.37. The van der Waals surface area contributed by atoms with Gasteiger partial charge in [0.1, 0.15) is 11.1 Å². The Balaban J connectivity index is 1.89. The van der Waals surface area contributed by atoms with Crippen molar-refractivity contribution in [3.63, 3.8) is 0 Å². The van der Waals surface area contributed by atoms with Gasteiger partial charge in [0.2, 0.25) is 0 Å². The van der Waals surface area contributed by atoms with Crippen LogP contribution in [-0.2, 0) is 4.79 Å². The predicted molar refractivity (Wildman–Crippen MR) is 72.6 cm³/mol. The molecule has 20 heavy (non-hydrogen) atoms. The van der Waals surface area contributed by atoms with Crippen LogP contribution >= 0.6 is 0 Å². The first-order valence-electron chi connectivity index (χ1n) is 6.57. The van der Waals surface area contributed by atoms with Crippen molar-refractivity contribution in [3.8, 4) is 0 Å². The number of para-hydroxylation sites is 1. The summed E-state index contributed by atoms with van der Waals surface area (Å²) in [4.78, 5) is 23.4. The maximum absolute atomic E-state index is 12.2. The van der Waals surface area contributed by atoms with E-state index in [0.717, 1.165) is 17.4 Å². The number of hydrogen-bond acceptors (Lipinski definition) is 3. The number of furan rings is 1. The Hall–Kier alpha value is -2.30. The third kappa shape index (κ3) is 1.86. The molecule has 0 atom stereocenters. The second-order valence-corrected chi connectivity index (χ2v) is 5.30. The van der Waals surface area contributed by atoms with E-state index in [1.165, 1.54) is 0 Å². The van der Waals surface area contributed by atoms with Crippen molar-refractivity contribution < 1.29 is 19.1 Å². The summed E-state index contributed by atoms with van der Waals surface area (Å²) in [5.74, 6) is -1.30. The quantitative estimate of drug-likeness (QED) is 0.900. The fourth-order valence-corrected chi connectivity index (χ4v) is 2.52. The number of aryl methyl sites for hydroxylation is 1. The number of fused-ring (bicyclic) bond motifs is 1. The number of carboxylic acids is 1. The molecule has 0 bridgehead atoms. The summed E-state index contributed by atoms with van der Waals surface area (Å²) in [6.07, 6.45) is 1.74. The minimum Gasteiger partial charge on any atom is -0.480 e. The van der Waals surface area contributed by atoms with Gasteiger partial charge in [0.05, 0.1) is 0 Å². The molecule has 1 fully saturated rings. The molecule has 0 unspecified atom stereocenters. The first-order valence-corrected chi connectivity index (χ1v) is 6.57. The van der Waals surface area contributed by atoms with Gasteiger partial charge in [0.15, 0.2) is 5.76 Å². The predicted octanol–water partition coefficient (Wildman–Crippen LogP) is 2.48. The number of carbonyl (C=O) groups excluding carboxylic acids is 1. The molecule has 1 aromatic heterocycles. The maximum atomic E-state index is 12.2. The Morgan fingerprint density at radius 2 is 2.10 bits per heavy atom. The number of carboxylic acid groups (broad SMARTS) is 1. The average Bonchev–Trinajstić information content (AvgIpc) is 2.78. The van der Waals surface area contributed by atoms with Gasteiger partial charge < -0.3 is 14.8 Å². The molecule has 1 saturated carbocycles. The van der Waals surface area contributed by atoms with Gasteiger partial charge in [0.25, 0.3) is 5.91 Å². The zero-order valence-electron chi connectivity index (χ0n) is 11.1. The Morgan fingerprint density at radius 1 is 1.35 bits per heavy atom. The summed E-state index contributed by atoms with van der Waals surface area (Å²) in [6, 6.07) is 7.29. The number of amides is 1. The first-order chi connectivity index (χ1) is 9.52. The van der Waals surface area contributed by atoms with Crippen molar-refractivity contribution in [2.24, 2.45) is 0 Å². The van der Waals surface area contributed by atoms with Crippen LogP contribution in [0.15, 0.2) is 28.7 Å². The highest BCUT2D eigenvalue weighted by Gasteiger charge is 2.46. The number of benzene rings is 1. The third-order valence-electron chi connectivity index (χ3n) is 3.93. The standard InChI is InChI=1S/C15H15NO4/c1-9-4-2-5-10-8-11(20-12(9)10)13(17)16-15(14(18)19)6-3-7-15/h2,4-5,8H,3,6-7H2,1H3,(H,16,17)(H,18,19). The van der Waals surface area contributed by atoms with Gasteiger partial charge in [-0.05, 0) is 37.8 Å². The van der Waals surface area contributed by atoms with E-state index in [1.807, 2.05) is 25.1 Å². The molecule has 2 aromatic rings. The summed E-state index contributed by atoms with van der Waals surface area (Å²) in [7, 11) is 0. The summed E-state index contributed by atoms with van der Waals surface area (Å²) < 4.78 is 5.55. The topological polar surface area (TPSA) is 79.5 Å². The molecule has 0 aliphatic heterocycles. The normalized spacial score (nSPS) is 16.6. The molecule has 1 aliphatic rings. The number of aliphatic carboxylic acids is 1.